The molecule has 1 atom stereocenters. The van der Waals surface area contributed by atoms with E-state index >= 15 is 0 Å². The highest BCUT2D eigenvalue weighted by molar-refractivity contribution is 5.98. The number of carbonyl (C=O) groups excluding carboxylic acids is 1. The molecule has 8 heteroatoms. The van der Waals surface area contributed by atoms with Gasteiger partial charge in [-0.1, -0.05) is 0 Å². The minimum absolute atomic E-state index is 0.0277. The van der Waals surface area contributed by atoms with Gasteiger partial charge in [-0.2, -0.15) is 0 Å². The number of carboxylic acids is 1. The number of fused-ring (bicyclic) bond motifs is 1. The SMILES string of the molecule is COc1ccc2c(c1OC)C(=O)OC2N1CCN(CC(=O)O)CC1. The molecule has 1 aromatic rings. The van der Waals surface area contributed by atoms with Crippen LogP contribution in [0.5, 0.6) is 11.5 Å². The Morgan fingerprint density at radius 3 is 2.54 bits per heavy atom. The van der Waals surface area contributed by atoms with E-state index in [0.29, 0.717) is 43.2 Å². The molecular formula is C16H20N2O6. The Kier molecular flexibility index (Phi) is 4.59. The maximum absolute atomic E-state index is 12.3. The second kappa shape index (κ2) is 6.66. The van der Waals surface area contributed by atoms with Crippen LogP contribution < -0.4 is 9.47 Å². The number of ether oxygens (including phenoxy) is 3. The van der Waals surface area contributed by atoms with Crippen LogP contribution in [0.15, 0.2) is 12.1 Å². The van der Waals surface area contributed by atoms with Crippen LogP contribution in [0.25, 0.3) is 0 Å². The van der Waals surface area contributed by atoms with Crippen LogP contribution >= 0.6 is 0 Å². The fourth-order valence-electron chi connectivity index (χ4n) is 3.20. The number of aliphatic carboxylic acids is 1. The van der Waals surface area contributed by atoms with Crippen molar-refractivity contribution in [1.29, 1.82) is 0 Å². The summed E-state index contributed by atoms with van der Waals surface area (Å²) in [6.45, 7) is 2.50. The van der Waals surface area contributed by atoms with E-state index in [2.05, 4.69) is 0 Å². The molecule has 1 unspecified atom stereocenters. The van der Waals surface area contributed by atoms with Crippen molar-refractivity contribution in [3.05, 3.63) is 23.3 Å². The monoisotopic (exact) mass is 336 g/mol. The number of hydrogen-bond donors (Lipinski definition) is 1. The van der Waals surface area contributed by atoms with Crippen molar-refractivity contribution < 1.29 is 28.9 Å². The summed E-state index contributed by atoms with van der Waals surface area (Å²) >= 11 is 0. The van der Waals surface area contributed by atoms with Crippen LogP contribution in [0.4, 0.5) is 0 Å². The number of nitrogens with zero attached hydrogens (tertiary/aromatic N) is 2. The fourth-order valence-corrected chi connectivity index (χ4v) is 3.20. The average Bonchev–Trinajstić information content (AvgIpc) is 2.91. The topological polar surface area (TPSA) is 88.5 Å². The summed E-state index contributed by atoms with van der Waals surface area (Å²) in [5, 5.41) is 8.86. The molecular weight excluding hydrogens is 316 g/mol. The number of esters is 1. The first kappa shape index (κ1) is 16.5. The molecule has 0 aromatic heterocycles. The molecule has 1 saturated heterocycles. The predicted molar refractivity (Wildman–Crippen MR) is 83.4 cm³/mol. The quantitative estimate of drug-likeness (QED) is 0.781. The largest absolute Gasteiger partial charge is 0.493 e. The number of benzene rings is 1. The van der Waals surface area contributed by atoms with Gasteiger partial charge in [-0.15, -0.1) is 0 Å². The molecule has 0 aliphatic carbocycles. The Hall–Kier alpha value is -2.32. The first-order valence-corrected chi connectivity index (χ1v) is 7.69. The van der Waals surface area contributed by atoms with Crippen molar-refractivity contribution in [3.63, 3.8) is 0 Å². The molecule has 0 amide bonds. The summed E-state index contributed by atoms with van der Waals surface area (Å²) in [5.74, 6) is -0.399. The first-order valence-electron chi connectivity index (χ1n) is 7.69. The van der Waals surface area contributed by atoms with Crippen molar-refractivity contribution in [2.24, 2.45) is 0 Å². The zero-order chi connectivity index (χ0) is 17.3. The van der Waals surface area contributed by atoms with Gasteiger partial charge in [0.1, 0.15) is 5.56 Å². The maximum atomic E-state index is 12.3. The number of carbonyl (C=O) groups is 2. The molecule has 0 spiro atoms. The van der Waals surface area contributed by atoms with E-state index in [4.69, 9.17) is 19.3 Å². The van der Waals surface area contributed by atoms with Gasteiger partial charge in [0.25, 0.3) is 0 Å². The van der Waals surface area contributed by atoms with Crippen molar-refractivity contribution in [2.45, 2.75) is 6.23 Å². The van der Waals surface area contributed by atoms with Crippen molar-refractivity contribution >= 4 is 11.9 Å². The molecule has 0 bridgehead atoms. The highest BCUT2D eigenvalue weighted by Crippen LogP contribution is 2.43. The minimum Gasteiger partial charge on any atom is -0.493 e. The van der Waals surface area contributed by atoms with Crippen molar-refractivity contribution in [3.8, 4) is 11.5 Å². The number of carboxylic acid groups (broad SMARTS) is 1. The normalized spacial score (nSPS) is 21.2. The van der Waals surface area contributed by atoms with Crippen LogP contribution in [0, 0.1) is 0 Å². The number of rotatable bonds is 5. The minimum atomic E-state index is -0.835. The van der Waals surface area contributed by atoms with Gasteiger partial charge in [0.2, 0.25) is 0 Å². The average molecular weight is 336 g/mol. The third-order valence-electron chi connectivity index (χ3n) is 4.36. The summed E-state index contributed by atoms with van der Waals surface area (Å²) in [6, 6.07) is 3.57. The lowest BCUT2D eigenvalue weighted by Gasteiger charge is -2.36. The molecule has 8 nitrogen and oxygen atoms in total. The summed E-state index contributed by atoms with van der Waals surface area (Å²) < 4.78 is 16.1. The molecule has 1 N–H and O–H groups in total. The van der Waals surface area contributed by atoms with Crippen LogP contribution in [-0.2, 0) is 9.53 Å². The van der Waals surface area contributed by atoms with E-state index < -0.39 is 18.2 Å². The zero-order valence-corrected chi connectivity index (χ0v) is 13.7. The van der Waals surface area contributed by atoms with Gasteiger partial charge in [0.15, 0.2) is 17.7 Å². The van der Waals surface area contributed by atoms with E-state index in [9.17, 15) is 9.59 Å². The lowest BCUT2D eigenvalue weighted by atomic mass is 10.1. The van der Waals surface area contributed by atoms with E-state index in [0.717, 1.165) is 5.56 Å². The highest BCUT2D eigenvalue weighted by Gasteiger charge is 2.39. The Balaban J connectivity index is 1.80. The molecule has 1 fully saturated rings. The number of methoxy groups -OCH3 is 2. The molecule has 24 heavy (non-hydrogen) atoms. The summed E-state index contributed by atoms with van der Waals surface area (Å²) in [5.41, 5.74) is 1.15. The molecule has 2 aliphatic rings. The zero-order valence-electron chi connectivity index (χ0n) is 13.7. The fraction of sp³-hybridized carbons (Fsp3) is 0.500. The van der Waals surface area contributed by atoms with Crippen molar-refractivity contribution in [2.75, 3.05) is 46.9 Å². The first-order chi connectivity index (χ1) is 11.5. The second-order valence-corrected chi connectivity index (χ2v) is 5.73. The van der Waals surface area contributed by atoms with E-state index in [1.165, 1.54) is 14.2 Å². The number of piperazine rings is 1. The van der Waals surface area contributed by atoms with Crippen LogP contribution in [0.2, 0.25) is 0 Å². The van der Waals surface area contributed by atoms with Crippen LogP contribution in [0.3, 0.4) is 0 Å². The van der Waals surface area contributed by atoms with Crippen LogP contribution in [-0.4, -0.2) is 73.8 Å². The van der Waals surface area contributed by atoms with Gasteiger partial charge >= 0.3 is 11.9 Å². The molecule has 130 valence electrons. The molecule has 0 saturated carbocycles. The Morgan fingerprint density at radius 1 is 1.25 bits per heavy atom. The van der Waals surface area contributed by atoms with Gasteiger partial charge in [-0.05, 0) is 12.1 Å². The summed E-state index contributed by atoms with van der Waals surface area (Å²) in [4.78, 5) is 27.0. The van der Waals surface area contributed by atoms with Gasteiger partial charge in [-0.25, -0.2) is 4.79 Å². The predicted octanol–water partition coefficient (Wildman–Crippen LogP) is 0.575. The Bertz CT molecular complexity index is 654. The summed E-state index contributed by atoms with van der Waals surface area (Å²) in [7, 11) is 3.01. The van der Waals surface area contributed by atoms with Gasteiger partial charge < -0.3 is 19.3 Å². The Morgan fingerprint density at radius 2 is 1.96 bits per heavy atom. The Labute approximate surface area is 139 Å². The molecule has 2 aliphatic heterocycles. The molecule has 1 aromatic carbocycles. The van der Waals surface area contributed by atoms with Gasteiger partial charge in [0, 0.05) is 31.7 Å². The number of hydrogen-bond acceptors (Lipinski definition) is 7. The molecule has 3 rings (SSSR count). The standard InChI is InChI=1S/C16H20N2O6/c1-22-11-4-3-10-13(14(11)23-2)16(21)24-15(10)18-7-5-17(6-8-18)9-12(19)20/h3-4,15H,5-9H2,1-2H3,(H,19,20). The van der Waals surface area contributed by atoms with Gasteiger partial charge in [0.05, 0.1) is 20.8 Å². The van der Waals surface area contributed by atoms with Gasteiger partial charge in [-0.3, -0.25) is 14.6 Å². The van der Waals surface area contributed by atoms with Crippen molar-refractivity contribution in [1.82, 2.24) is 9.80 Å². The third kappa shape index (κ3) is 2.90. The highest BCUT2D eigenvalue weighted by atomic mass is 16.6. The molecule has 0 radical (unpaired) electrons. The molecule has 2 heterocycles. The van der Waals surface area contributed by atoms with E-state index in [-0.39, 0.29) is 6.54 Å². The third-order valence-corrected chi connectivity index (χ3v) is 4.36. The lowest BCUT2D eigenvalue weighted by molar-refractivity contribution is -0.139. The van der Waals surface area contributed by atoms with E-state index in [1.807, 2.05) is 15.9 Å². The number of cyclic esters (lactones) is 1. The van der Waals surface area contributed by atoms with E-state index in [1.54, 1.807) is 6.07 Å². The van der Waals surface area contributed by atoms with Crippen LogP contribution in [0.1, 0.15) is 22.1 Å². The summed E-state index contributed by atoms with van der Waals surface area (Å²) in [6.07, 6.45) is -0.473. The lowest BCUT2D eigenvalue weighted by Crippen LogP contribution is -2.49. The second-order valence-electron chi connectivity index (χ2n) is 5.73. The maximum Gasteiger partial charge on any atom is 0.344 e. The smallest absolute Gasteiger partial charge is 0.344 e.